The number of rotatable bonds is 7. The van der Waals surface area contributed by atoms with Gasteiger partial charge in [0.25, 0.3) is 0 Å². The van der Waals surface area contributed by atoms with E-state index in [2.05, 4.69) is 39.9 Å². The van der Waals surface area contributed by atoms with Crippen molar-refractivity contribution in [3.8, 4) is 0 Å². The van der Waals surface area contributed by atoms with Crippen molar-refractivity contribution in [3.05, 3.63) is 0 Å². The van der Waals surface area contributed by atoms with Crippen molar-refractivity contribution in [2.75, 3.05) is 19.7 Å². The number of ether oxygens (including phenoxy) is 1. The molecule has 0 aromatic carbocycles. The Labute approximate surface area is 114 Å². The van der Waals surface area contributed by atoms with Crippen LogP contribution in [0.4, 0.5) is 0 Å². The van der Waals surface area contributed by atoms with E-state index in [4.69, 9.17) is 4.74 Å². The molecule has 0 saturated heterocycles. The number of nitrogens with one attached hydrogen (secondary N) is 1. The predicted octanol–water partition coefficient (Wildman–Crippen LogP) is 4.00. The monoisotopic (exact) mass is 255 g/mol. The molecule has 1 rings (SSSR count). The van der Waals surface area contributed by atoms with Gasteiger partial charge in [-0.15, -0.1) is 0 Å². The first-order valence-electron chi connectivity index (χ1n) is 7.67. The van der Waals surface area contributed by atoms with E-state index in [1.165, 1.54) is 32.1 Å². The molecule has 0 heterocycles. The summed E-state index contributed by atoms with van der Waals surface area (Å²) in [5.74, 6) is 0. The van der Waals surface area contributed by atoms with Crippen molar-refractivity contribution in [2.24, 2.45) is 10.8 Å². The van der Waals surface area contributed by atoms with Gasteiger partial charge in [0.2, 0.25) is 0 Å². The van der Waals surface area contributed by atoms with E-state index in [9.17, 15) is 0 Å². The van der Waals surface area contributed by atoms with Crippen molar-refractivity contribution in [1.29, 1.82) is 0 Å². The minimum atomic E-state index is 0.252. The van der Waals surface area contributed by atoms with Crippen LogP contribution in [0.2, 0.25) is 0 Å². The van der Waals surface area contributed by atoms with Crippen LogP contribution in [-0.4, -0.2) is 25.8 Å². The summed E-state index contributed by atoms with van der Waals surface area (Å²) >= 11 is 0. The fourth-order valence-electron chi connectivity index (χ4n) is 2.54. The van der Waals surface area contributed by atoms with E-state index >= 15 is 0 Å². The highest BCUT2D eigenvalue weighted by Gasteiger charge is 2.28. The molecule has 1 N–H and O–H groups in total. The van der Waals surface area contributed by atoms with E-state index in [0.29, 0.717) is 11.5 Å². The molecule has 108 valence electrons. The summed E-state index contributed by atoms with van der Waals surface area (Å²) in [7, 11) is 0. The average Bonchev–Trinajstić information content (AvgIpc) is 2.28. The van der Waals surface area contributed by atoms with Crippen molar-refractivity contribution in [1.82, 2.24) is 5.32 Å². The van der Waals surface area contributed by atoms with Gasteiger partial charge in [-0.1, -0.05) is 34.6 Å². The molecule has 0 aromatic rings. The smallest absolute Gasteiger partial charge is 0.0575 e. The minimum Gasteiger partial charge on any atom is -0.378 e. The van der Waals surface area contributed by atoms with Crippen molar-refractivity contribution in [3.63, 3.8) is 0 Å². The summed E-state index contributed by atoms with van der Waals surface area (Å²) in [6.07, 6.45) is 6.81. The van der Waals surface area contributed by atoms with Gasteiger partial charge < -0.3 is 10.1 Å². The van der Waals surface area contributed by atoms with Gasteiger partial charge in [0.15, 0.2) is 0 Å². The van der Waals surface area contributed by atoms with Gasteiger partial charge >= 0.3 is 0 Å². The van der Waals surface area contributed by atoms with Gasteiger partial charge in [-0.25, -0.2) is 0 Å². The third-order valence-electron chi connectivity index (χ3n) is 4.03. The van der Waals surface area contributed by atoms with Crippen LogP contribution in [0, 0.1) is 10.8 Å². The van der Waals surface area contributed by atoms with Gasteiger partial charge in [-0.3, -0.25) is 0 Å². The second kappa shape index (κ2) is 6.91. The number of hydrogen-bond donors (Lipinski definition) is 1. The molecule has 2 nitrogen and oxygen atoms in total. The minimum absolute atomic E-state index is 0.252. The predicted molar refractivity (Wildman–Crippen MR) is 78.9 cm³/mol. The Morgan fingerprint density at radius 2 is 1.83 bits per heavy atom. The molecule has 1 saturated carbocycles. The van der Waals surface area contributed by atoms with Crippen molar-refractivity contribution in [2.45, 2.75) is 72.8 Å². The summed E-state index contributed by atoms with van der Waals surface area (Å²) in [6.45, 7) is 14.6. The van der Waals surface area contributed by atoms with E-state index in [0.717, 1.165) is 19.7 Å². The molecular weight excluding hydrogens is 222 g/mol. The first-order valence-corrected chi connectivity index (χ1v) is 7.67. The zero-order chi connectivity index (χ0) is 13.6. The van der Waals surface area contributed by atoms with Crippen molar-refractivity contribution >= 4 is 0 Å². The third kappa shape index (κ3) is 6.19. The molecule has 0 amide bonds. The first-order chi connectivity index (χ1) is 8.35. The van der Waals surface area contributed by atoms with Crippen LogP contribution in [-0.2, 0) is 4.74 Å². The SMILES string of the molecule is CCCNCC(C)(C)COC1CCC(C)(C)CC1. The normalized spacial score (nSPS) is 21.2. The summed E-state index contributed by atoms with van der Waals surface area (Å²) in [5, 5.41) is 3.50. The largest absolute Gasteiger partial charge is 0.378 e. The molecule has 18 heavy (non-hydrogen) atoms. The van der Waals surface area contributed by atoms with Crippen molar-refractivity contribution < 1.29 is 4.74 Å². The van der Waals surface area contributed by atoms with Gasteiger partial charge in [0.05, 0.1) is 12.7 Å². The molecule has 0 spiro atoms. The Morgan fingerprint density at radius 1 is 1.22 bits per heavy atom. The van der Waals surface area contributed by atoms with Gasteiger partial charge in [-0.05, 0) is 44.1 Å². The van der Waals surface area contributed by atoms with Crippen LogP contribution in [0.25, 0.3) is 0 Å². The summed E-state index contributed by atoms with van der Waals surface area (Å²) in [5.41, 5.74) is 0.792. The molecule has 1 fully saturated rings. The Bertz CT molecular complexity index is 225. The lowest BCUT2D eigenvalue weighted by molar-refractivity contribution is -0.0304. The molecule has 0 radical (unpaired) electrons. The molecule has 0 bridgehead atoms. The maximum absolute atomic E-state index is 6.13. The first kappa shape index (κ1) is 16.0. The summed E-state index contributed by atoms with van der Waals surface area (Å²) in [6, 6.07) is 0. The van der Waals surface area contributed by atoms with E-state index in [1.807, 2.05) is 0 Å². The molecule has 0 atom stereocenters. The van der Waals surface area contributed by atoms with E-state index in [-0.39, 0.29) is 5.41 Å². The maximum atomic E-state index is 6.13. The van der Waals surface area contributed by atoms with E-state index < -0.39 is 0 Å². The highest BCUT2D eigenvalue weighted by atomic mass is 16.5. The fraction of sp³-hybridized carbons (Fsp3) is 1.00. The van der Waals surface area contributed by atoms with Crippen LogP contribution in [0.15, 0.2) is 0 Å². The molecule has 1 aliphatic rings. The van der Waals surface area contributed by atoms with Crippen LogP contribution in [0.5, 0.6) is 0 Å². The second-order valence-corrected chi connectivity index (χ2v) is 7.52. The third-order valence-corrected chi connectivity index (χ3v) is 4.03. The molecule has 0 aliphatic heterocycles. The van der Waals surface area contributed by atoms with Gasteiger partial charge in [0.1, 0.15) is 0 Å². The highest BCUT2D eigenvalue weighted by molar-refractivity contribution is 4.80. The van der Waals surface area contributed by atoms with Gasteiger partial charge in [-0.2, -0.15) is 0 Å². The average molecular weight is 255 g/mol. The Hall–Kier alpha value is -0.0800. The topological polar surface area (TPSA) is 21.3 Å². The second-order valence-electron chi connectivity index (χ2n) is 7.52. The van der Waals surface area contributed by atoms with Crippen LogP contribution in [0.1, 0.15) is 66.7 Å². The zero-order valence-electron chi connectivity index (χ0n) is 13.1. The van der Waals surface area contributed by atoms with E-state index in [1.54, 1.807) is 0 Å². The van der Waals surface area contributed by atoms with Crippen LogP contribution in [0.3, 0.4) is 0 Å². The lowest BCUT2D eigenvalue weighted by atomic mass is 9.76. The summed E-state index contributed by atoms with van der Waals surface area (Å²) < 4.78 is 6.13. The highest BCUT2D eigenvalue weighted by Crippen LogP contribution is 2.36. The fourth-order valence-corrected chi connectivity index (χ4v) is 2.54. The summed E-state index contributed by atoms with van der Waals surface area (Å²) in [4.78, 5) is 0. The van der Waals surface area contributed by atoms with Gasteiger partial charge in [0, 0.05) is 12.0 Å². The lowest BCUT2D eigenvalue weighted by Crippen LogP contribution is -2.36. The quantitative estimate of drug-likeness (QED) is 0.694. The van der Waals surface area contributed by atoms with Crippen LogP contribution >= 0.6 is 0 Å². The molecular formula is C16H33NO. The lowest BCUT2D eigenvalue weighted by Gasteiger charge is -2.36. The molecule has 0 unspecified atom stereocenters. The molecule has 0 aromatic heterocycles. The standard InChI is InChI=1S/C16H33NO/c1-6-11-17-12-16(4,5)13-18-14-7-9-15(2,3)10-8-14/h14,17H,6-13H2,1-5H3. The number of hydrogen-bond acceptors (Lipinski definition) is 2. The Balaban J connectivity index is 2.20. The Kier molecular flexibility index (Phi) is 6.13. The Morgan fingerprint density at radius 3 is 2.39 bits per heavy atom. The van der Waals surface area contributed by atoms with Crippen LogP contribution < -0.4 is 5.32 Å². The maximum Gasteiger partial charge on any atom is 0.0575 e. The zero-order valence-corrected chi connectivity index (χ0v) is 13.1. The molecule has 2 heteroatoms. The molecule has 1 aliphatic carbocycles.